The number of benzene rings is 1. The fraction of sp³-hybridized carbons (Fsp3) is 0.409. The van der Waals surface area contributed by atoms with Crippen LogP contribution in [0.15, 0.2) is 24.3 Å². The number of H-pyrrole nitrogens is 1. The molecule has 29 heavy (non-hydrogen) atoms. The number of esters is 2. The van der Waals surface area contributed by atoms with E-state index < -0.39 is 35.6 Å². The molecule has 1 aliphatic carbocycles. The minimum absolute atomic E-state index is 0.196. The summed E-state index contributed by atoms with van der Waals surface area (Å²) >= 11 is 0. The van der Waals surface area contributed by atoms with Crippen LogP contribution in [-0.4, -0.2) is 36.4 Å². The Morgan fingerprint density at radius 2 is 1.79 bits per heavy atom. The number of carbonyl (C=O) groups is 3. The standard InChI is InChI=1S/C22H24FNO5/c1-13-18(20(26)28-3)14(2)24-19(13)17(25)12-29-21(27)22(10-6-7-11-22)15-8-4-5-9-16(15)23/h4-5,8-9,24H,6-7,10-12H2,1-3H3. The van der Waals surface area contributed by atoms with Crippen LogP contribution in [0.3, 0.4) is 0 Å². The average molecular weight is 401 g/mol. The number of hydrogen-bond acceptors (Lipinski definition) is 5. The van der Waals surface area contributed by atoms with E-state index in [4.69, 9.17) is 9.47 Å². The highest BCUT2D eigenvalue weighted by Crippen LogP contribution is 2.43. The van der Waals surface area contributed by atoms with E-state index in [1.807, 2.05) is 0 Å². The molecule has 0 unspecified atom stereocenters. The fourth-order valence-corrected chi connectivity index (χ4v) is 4.19. The van der Waals surface area contributed by atoms with Crippen LogP contribution in [0.1, 0.15) is 63.4 Å². The van der Waals surface area contributed by atoms with Gasteiger partial charge in [-0.1, -0.05) is 31.0 Å². The van der Waals surface area contributed by atoms with Gasteiger partial charge >= 0.3 is 11.9 Å². The third-order valence-electron chi connectivity index (χ3n) is 5.68. The quantitative estimate of drug-likeness (QED) is 0.588. The number of aromatic nitrogens is 1. The number of hydrogen-bond donors (Lipinski definition) is 1. The van der Waals surface area contributed by atoms with Gasteiger partial charge in [0, 0.05) is 11.3 Å². The Balaban J connectivity index is 1.79. The highest BCUT2D eigenvalue weighted by atomic mass is 19.1. The van der Waals surface area contributed by atoms with Crippen LogP contribution >= 0.6 is 0 Å². The fourth-order valence-electron chi connectivity index (χ4n) is 4.19. The third-order valence-corrected chi connectivity index (χ3v) is 5.68. The first kappa shape index (κ1) is 20.8. The number of ketones is 1. The smallest absolute Gasteiger partial charge is 0.339 e. The second-order valence-electron chi connectivity index (χ2n) is 7.38. The van der Waals surface area contributed by atoms with E-state index in [2.05, 4.69) is 4.98 Å². The summed E-state index contributed by atoms with van der Waals surface area (Å²) in [6.07, 6.45) is 2.53. The largest absolute Gasteiger partial charge is 0.465 e. The van der Waals surface area contributed by atoms with E-state index in [1.54, 1.807) is 32.0 Å². The topological polar surface area (TPSA) is 85.5 Å². The first-order chi connectivity index (χ1) is 13.8. The Kier molecular flexibility index (Phi) is 5.86. The molecule has 0 bridgehead atoms. The second kappa shape index (κ2) is 8.19. The lowest BCUT2D eigenvalue weighted by atomic mass is 9.78. The summed E-state index contributed by atoms with van der Waals surface area (Å²) in [6, 6.07) is 6.19. The van der Waals surface area contributed by atoms with E-state index in [0.717, 1.165) is 12.8 Å². The van der Waals surface area contributed by atoms with Crippen LogP contribution in [-0.2, 0) is 19.7 Å². The Morgan fingerprint density at radius 1 is 1.14 bits per heavy atom. The molecule has 1 heterocycles. The predicted octanol–water partition coefficient (Wildman–Crippen LogP) is 3.80. The van der Waals surface area contributed by atoms with E-state index in [9.17, 15) is 18.8 Å². The van der Waals surface area contributed by atoms with Crippen molar-refractivity contribution in [1.82, 2.24) is 4.98 Å². The normalized spacial score (nSPS) is 15.2. The molecule has 1 N–H and O–H groups in total. The van der Waals surface area contributed by atoms with Crippen LogP contribution in [0.5, 0.6) is 0 Å². The second-order valence-corrected chi connectivity index (χ2v) is 7.38. The maximum absolute atomic E-state index is 14.4. The lowest BCUT2D eigenvalue weighted by molar-refractivity contribution is -0.149. The molecule has 6 nitrogen and oxygen atoms in total. The molecule has 0 radical (unpaired) electrons. The van der Waals surface area contributed by atoms with Crippen molar-refractivity contribution in [2.24, 2.45) is 0 Å². The predicted molar refractivity (Wildman–Crippen MR) is 103 cm³/mol. The Bertz CT molecular complexity index is 956. The van der Waals surface area contributed by atoms with Gasteiger partial charge in [-0.2, -0.15) is 0 Å². The number of carbonyl (C=O) groups excluding carboxylic acids is 3. The molecule has 1 aromatic carbocycles. The van der Waals surface area contributed by atoms with E-state index >= 15 is 0 Å². The van der Waals surface area contributed by atoms with E-state index in [-0.39, 0.29) is 5.69 Å². The number of aryl methyl sites for hydroxylation is 1. The highest BCUT2D eigenvalue weighted by Gasteiger charge is 2.46. The molecule has 0 aliphatic heterocycles. The van der Waals surface area contributed by atoms with Gasteiger partial charge in [0.1, 0.15) is 5.82 Å². The first-order valence-corrected chi connectivity index (χ1v) is 9.54. The van der Waals surface area contributed by atoms with Crippen LogP contribution < -0.4 is 0 Å². The van der Waals surface area contributed by atoms with Crippen molar-refractivity contribution in [3.05, 3.63) is 58.2 Å². The summed E-state index contributed by atoms with van der Waals surface area (Å²) in [5, 5.41) is 0. The third kappa shape index (κ3) is 3.69. The Morgan fingerprint density at radius 3 is 2.41 bits per heavy atom. The van der Waals surface area contributed by atoms with Gasteiger partial charge in [0.05, 0.1) is 23.8 Å². The zero-order chi connectivity index (χ0) is 21.2. The molecular formula is C22H24FNO5. The van der Waals surface area contributed by atoms with Crippen LogP contribution in [0, 0.1) is 19.7 Å². The van der Waals surface area contributed by atoms with Crippen LogP contribution in [0.25, 0.3) is 0 Å². The van der Waals surface area contributed by atoms with Gasteiger partial charge in [-0.05, 0) is 38.3 Å². The van der Waals surface area contributed by atoms with Crippen LogP contribution in [0.4, 0.5) is 4.39 Å². The molecular weight excluding hydrogens is 377 g/mol. The molecule has 1 fully saturated rings. The van der Waals surface area contributed by atoms with E-state index in [1.165, 1.54) is 13.2 Å². The monoisotopic (exact) mass is 401 g/mol. The van der Waals surface area contributed by atoms with Crippen molar-refractivity contribution < 1.29 is 28.2 Å². The van der Waals surface area contributed by atoms with Crippen molar-refractivity contribution in [3.63, 3.8) is 0 Å². The average Bonchev–Trinajstić information content (AvgIpc) is 3.31. The minimum atomic E-state index is -1.07. The molecule has 0 spiro atoms. The van der Waals surface area contributed by atoms with E-state index in [0.29, 0.717) is 35.2 Å². The number of Topliss-reactive ketones (excluding diaryl/α,β-unsaturated/α-hetero) is 1. The number of nitrogens with one attached hydrogen (secondary N) is 1. The summed E-state index contributed by atoms with van der Waals surface area (Å²) in [5.74, 6) is -2.05. The Labute approximate surface area is 168 Å². The molecule has 2 aromatic rings. The molecule has 1 aliphatic rings. The molecule has 1 aromatic heterocycles. The summed E-state index contributed by atoms with van der Waals surface area (Å²) < 4.78 is 24.5. The van der Waals surface area contributed by atoms with Crippen molar-refractivity contribution >= 4 is 17.7 Å². The van der Waals surface area contributed by atoms with Crippen molar-refractivity contribution in [2.75, 3.05) is 13.7 Å². The van der Waals surface area contributed by atoms with Crippen molar-refractivity contribution in [3.8, 4) is 0 Å². The lowest BCUT2D eigenvalue weighted by Crippen LogP contribution is -2.36. The SMILES string of the molecule is COC(=O)c1c(C)[nH]c(C(=O)COC(=O)C2(c3ccccc3F)CCCC2)c1C. The van der Waals surface area contributed by atoms with Crippen LogP contribution in [0.2, 0.25) is 0 Å². The number of methoxy groups -OCH3 is 1. The number of aromatic amines is 1. The Hall–Kier alpha value is -2.96. The minimum Gasteiger partial charge on any atom is -0.465 e. The van der Waals surface area contributed by atoms with Gasteiger partial charge in [0.15, 0.2) is 6.61 Å². The number of halogens is 1. The van der Waals surface area contributed by atoms with Gasteiger partial charge in [-0.25, -0.2) is 9.18 Å². The van der Waals surface area contributed by atoms with Gasteiger partial charge in [-0.3, -0.25) is 9.59 Å². The molecule has 0 saturated heterocycles. The van der Waals surface area contributed by atoms with Gasteiger partial charge in [0.2, 0.25) is 5.78 Å². The zero-order valence-electron chi connectivity index (χ0n) is 16.8. The lowest BCUT2D eigenvalue weighted by Gasteiger charge is -2.27. The number of rotatable bonds is 6. The van der Waals surface area contributed by atoms with Crippen molar-refractivity contribution in [2.45, 2.75) is 44.9 Å². The molecule has 0 atom stereocenters. The van der Waals surface area contributed by atoms with Gasteiger partial charge < -0.3 is 14.5 Å². The molecule has 0 amide bonds. The maximum atomic E-state index is 14.4. The van der Waals surface area contributed by atoms with Gasteiger partial charge in [-0.15, -0.1) is 0 Å². The first-order valence-electron chi connectivity index (χ1n) is 9.54. The molecule has 1 saturated carbocycles. The zero-order valence-corrected chi connectivity index (χ0v) is 16.8. The highest BCUT2D eigenvalue weighted by molar-refractivity contribution is 6.02. The summed E-state index contributed by atoms with van der Waals surface area (Å²) in [6.45, 7) is 2.80. The van der Waals surface area contributed by atoms with Crippen molar-refractivity contribution in [1.29, 1.82) is 0 Å². The summed E-state index contributed by atoms with van der Waals surface area (Å²) in [4.78, 5) is 40.3. The molecule has 3 rings (SSSR count). The summed E-state index contributed by atoms with van der Waals surface area (Å²) in [7, 11) is 1.27. The number of ether oxygens (including phenoxy) is 2. The molecule has 7 heteroatoms. The molecule has 154 valence electrons. The summed E-state index contributed by atoms with van der Waals surface area (Å²) in [5.41, 5.74) is 0.684. The maximum Gasteiger partial charge on any atom is 0.339 e. The van der Waals surface area contributed by atoms with Gasteiger partial charge in [0.25, 0.3) is 0 Å².